The third-order valence-corrected chi connectivity index (χ3v) is 4.87. The van der Waals surface area contributed by atoms with Crippen molar-refractivity contribution < 1.29 is 28.7 Å². The fourth-order valence-electron chi connectivity index (χ4n) is 2.38. The molecule has 1 aromatic carbocycles. The summed E-state index contributed by atoms with van der Waals surface area (Å²) in [6, 6.07) is 7.64. The molecule has 26 heavy (non-hydrogen) atoms. The maximum atomic E-state index is 12.5. The second-order valence-electron chi connectivity index (χ2n) is 5.68. The minimum atomic E-state index is -1.02. The van der Waals surface area contributed by atoms with Crippen molar-refractivity contribution in [2.45, 2.75) is 20.0 Å². The summed E-state index contributed by atoms with van der Waals surface area (Å²) in [6.07, 6.45) is -1.02. The molecule has 0 saturated heterocycles. The van der Waals surface area contributed by atoms with Crippen molar-refractivity contribution in [3.05, 3.63) is 45.6 Å². The minimum absolute atomic E-state index is 0.0721. The number of nitrogens with one attached hydrogen (secondary N) is 1. The Balaban J connectivity index is 1.71. The van der Waals surface area contributed by atoms with Gasteiger partial charge in [0.2, 0.25) is 5.78 Å². The summed E-state index contributed by atoms with van der Waals surface area (Å²) in [4.78, 5) is 48.0. The molecule has 1 N–H and O–H groups in total. The Morgan fingerprint density at radius 1 is 1.19 bits per heavy atom. The van der Waals surface area contributed by atoms with E-state index < -0.39 is 17.9 Å². The molecule has 7 nitrogen and oxygen atoms in total. The van der Waals surface area contributed by atoms with E-state index in [2.05, 4.69) is 5.32 Å². The molecule has 0 fully saturated rings. The lowest BCUT2D eigenvalue weighted by Gasteiger charge is -2.19. The number of ether oxygens (including phenoxy) is 2. The van der Waals surface area contributed by atoms with Gasteiger partial charge in [-0.25, -0.2) is 4.79 Å². The first-order valence-corrected chi connectivity index (χ1v) is 8.59. The Hall–Kier alpha value is -3.00. The molecule has 2 heterocycles. The molecule has 0 radical (unpaired) electrons. The first-order valence-electron chi connectivity index (χ1n) is 7.78. The Labute approximate surface area is 152 Å². The molecule has 1 aromatic heterocycles. The van der Waals surface area contributed by atoms with Gasteiger partial charge in [-0.05, 0) is 44.2 Å². The Morgan fingerprint density at radius 3 is 2.62 bits per heavy atom. The number of thiophene rings is 1. The fourth-order valence-corrected chi connectivity index (χ4v) is 3.16. The number of carbonyl (C=O) groups excluding carboxylic acids is 4. The van der Waals surface area contributed by atoms with E-state index in [0.29, 0.717) is 16.3 Å². The highest BCUT2D eigenvalue weighted by atomic mass is 32.1. The Bertz CT molecular complexity index is 916. The fraction of sp³-hybridized carbons (Fsp3) is 0.222. The van der Waals surface area contributed by atoms with Crippen LogP contribution in [0, 0.1) is 0 Å². The lowest BCUT2D eigenvalue weighted by molar-refractivity contribution is -0.118. The number of rotatable bonds is 5. The van der Waals surface area contributed by atoms with Crippen LogP contribution in [-0.2, 0) is 9.53 Å². The van der Waals surface area contributed by atoms with Crippen LogP contribution in [-0.4, -0.2) is 36.2 Å². The molecule has 134 valence electrons. The Kier molecular flexibility index (Phi) is 4.85. The summed E-state index contributed by atoms with van der Waals surface area (Å²) in [5, 5.41) is 2.62. The molecule has 1 amide bonds. The largest absolute Gasteiger partial charge is 0.482 e. The summed E-state index contributed by atoms with van der Waals surface area (Å²) < 4.78 is 10.4. The topological polar surface area (TPSA) is 98.8 Å². The number of benzene rings is 1. The number of ketones is 2. The number of hydrogen-bond donors (Lipinski definition) is 1. The minimum Gasteiger partial charge on any atom is -0.482 e. The molecular formula is C18H15NO6S. The summed E-state index contributed by atoms with van der Waals surface area (Å²) in [7, 11) is 0. The molecular weight excluding hydrogens is 358 g/mol. The summed E-state index contributed by atoms with van der Waals surface area (Å²) in [6.45, 7) is 2.80. The van der Waals surface area contributed by atoms with Crippen LogP contribution in [0.3, 0.4) is 0 Å². The molecule has 0 unspecified atom stereocenters. The molecule has 8 heteroatoms. The third-order valence-electron chi connectivity index (χ3n) is 3.70. The molecule has 0 saturated carbocycles. The number of fused-ring (bicyclic) bond motifs is 1. The van der Waals surface area contributed by atoms with E-state index in [1.54, 1.807) is 18.2 Å². The lowest BCUT2D eigenvalue weighted by Crippen LogP contribution is -2.27. The zero-order valence-electron chi connectivity index (χ0n) is 14.0. The van der Waals surface area contributed by atoms with Crippen LogP contribution in [0.1, 0.15) is 43.5 Å². The maximum Gasteiger partial charge on any atom is 0.349 e. The van der Waals surface area contributed by atoms with Crippen LogP contribution < -0.4 is 10.1 Å². The number of carbonyl (C=O) groups is 4. The van der Waals surface area contributed by atoms with Crippen LogP contribution in [0.15, 0.2) is 30.3 Å². The number of Topliss-reactive ketones (excluding diaryl/α,β-unsaturated/α-hetero) is 2. The van der Waals surface area contributed by atoms with Gasteiger partial charge in [-0.1, -0.05) is 0 Å². The van der Waals surface area contributed by atoms with Crippen molar-refractivity contribution in [3.63, 3.8) is 0 Å². The first kappa shape index (κ1) is 17.8. The van der Waals surface area contributed by atoms with Gasteiger partial charge in [0.1, 0.15) is 10.6 Å². The number of hydrogen-bond acceptors (Lipinski definition) is 7. The number of amides is 1. The van der Waals surface area contributed by atoms with E-state index in [-0.39, 0.29) is 28.7 Å². The van der Waals surface area contributed by atoms with Gasteiger partial charge in [0, 0.05) is 5.56 Å². The van der Waals surface area contributed by atoms with Crippen LogP contribution in [0.4, 0.5) is 5.69 Å². The van der Waals surface area contributed by atoms with Crippen molar-refractivity contribution in [3.8, 4) is 5.75 Å². The first-order chi connectivity index (χ1) is 12.3. The quantitative estimate of drug-likeness (QED) is 0.639. The highest BCUT2D eigenvalue weighted by Crippen LogP contribution is 2.29. The maximum absolute atomic E-state index is 12.5. The second-order valence-corrected chi connectivity index (χ2v) is 6.76. The average molecular weight is 373 g/mol. The van der Waals surface area contributed by atoms with E-state index in [1.807, 2.05) is 0 Å². The van der Waals surface area contributed by atoms with Crippen LogP contribution in [0.5, 0.6) is 5.75 Å². The molecule has 0 bridgehead atoms. The molecule has 0 spiro atoms. The van der Waals surface area contributed by atoms with Gasteiger partial charge in [-0.2, -0.15) is 0 Å². The van der Waals surface area contributed by atoms with Crippen molar-refractivity contribution in [1.29, 1.82) is 0 Å². The molecule has 2 aromatic rings. The van der Waals surface area contributed by atoms with E-state index in [9.17, 15) is 19.2 Å². The highest BCUT2D eigenvalue weighted by Gasteiger charge is 2.24. The molecule has 0 aliphatic carbocycles. The SMILES string of the molecule is CC(=O)c1ccc(C(=O)O[C@@H](C)C(=O)c2ccc3c(c2)NC(=O)CO3)s1. The third kappa shape index (κ3) is 3.65. The van der Waals surface area contributed by atoms with Gasteiger partial charge in [0.25, 0.3) is 5.91 Å². The summed E-state index contributed by atoms with van der Waals surface area (Å²) in [5.41, 5.74) is 0.681. The Morgan fingerprint density at radius 2 is 1.92 bits per heavy atom. The smallest absolute Gasteiger partial charge is 0.349 e. The molecule has 1 aliphatic rings. The van der Waals surface area contributed by atoms with Gasteiger partial charge in [-0.15, -0.1) is 11.3 Å². The molecule has 1 aliphatic heterocycles. The van der Waals surface area contributed by atoms with Gasteiger partial charge in [-0.3, -0.25) is 14.4 Å². The lowest BCUT2D eigenvalue weighted by atomic mass is 10.1. The number of esters is 1. The zero-order valence-corrected chi connectivity index (χ0v) is 14.8. The second kappa shape index (κ2) is 7.09. The van der Waals surface area contributed by atoms with Crippen molar-refractivity contribution in [2.75, 3.05) is 11.9 Å². The van der Waals surface area contributed by atoms with E-state index in [4.69, 9.17) is 9.47 Å². The van der Waals surface area contributed by atoms with Gasteiger partial charge < -0.3 is 14.8 Å². The van der Waals surface area contributed by atoms with Gasteiger partial charge >= 0.3 is 5.97 Å². The van der Waals surface area contributed by atoms with Crippen molar-refractivity contribution in [1.82, 2.24) is 0 Å². The molecule has 3 rings (SSSR count). The normalized spacial score (nSPS) is 13.8. The van der Waals surface area contributed by atoms with E-state index >= 15 is 0 Å². The summed E-state index contributed by atoms with van der Waals surface area (Å²) in [5.74, 6) is -1.06. The predicted octanol–water partition coefficient (Wildman–Crippen LogP) is 2.71. The molecule has 1 atom stereocenters. The van der Waals surface area contributed by atoms with Gasteiger partial charge in [0.15, 0.2) is 18.5 Å². The average Bonchev–Trinajstić information content (AvgIpc) is 3.11. The van der Waals surface area contributed by atoms with Crippen molar-refractivity contribution >= 4 is 40.5 Å². The zero-order chi connectivity index (χ0) is 18.8. The summed E-state index contributed by atoms with van der Waals surface area (Å²) >= 11 is 1.02. The standard InChI is InChI=1S/C18H15NO6S/c1-9(20)14-5-6-15(26-14)18(23)25-10(2)17(22)11-3-4-13-12(7-11)19-16(21)8-24-13/h3-7,10H,8H2,1-2H3,(H,19,21)/t10-/m0/s1. The van der Waals surface area contributed by atoms with Crippen LogP contribution in [0.25, 0.3) is 0 Å². The van der Waals surface area contributed by atoms with E-state index in [0.717, 1.165) is 11.3 Å². The van der Waals surface area contributed by atoms with Crippen LogP contribution in [0.2, 0.25) is 0 Å². The van der Waals surface area contributed by atoms with Crippen molar-refractivity contribution in [2.24, 2.45) is 0 Å². The monoisotopic (exact) mass is 373 g/mol. The van der Waals surface area contributed by atoms with Gasteiger partial charge in [0.05, 0.1) is 10.6 Å². The highest BCUT2D eigenvalue weighted by molar-refractivity contribution is 7.15. The predicted molar refractivity (Wildman–Crippen MR) is 94.1 cm³/mol. The number of anilines is 1. The van der Waals surface area contributed by atoms with Crippen LogP contribution >= 0.6 is 11.3 Å². The van der Waals surface area contributed by atoms with E-state index in [1.165, 1.54) is 26.0 Å².